The monoisotopic (exact) mass is 160 g/mol. The van der Waals surface area contributed by atoms with Crippen LogP contribution in [0, 0.1) is 0 Å². The van der Waals surface area contributed by atoms with Crippen molar-refractivity contribution in [1.29, 1.82) is 0 Å². The van der Waals surface area contributed by atoms with Crippen LogP contribution >= 0.6 is 11.8 Å². The number of hydrogen-bond acceptors (Lipinski definition) is 4. The lowest BCUT2D eigenvalue weighted by Crippen LogP contribution is -2.09. The molecule has 1 aliphatic heterocycles. The Morgan fingerprint density at radius 3 is 3.10 bits per heavy atom. The number of carbonyl (C=O) groups is 1. The third kappa shape index (κ3) is 2.26. The van der Waals surface area contributed by atoms with Gasteiger partial charge in [0, 0.05) is 0 Å². The highest BCUT2D eigenvalue weighted by Crippen LogP contribution is 2.20. The van der Waals surface area contributed by atoms with Gasteiger partial charge in [-0.25, -0.2) is 4.79 Å². The number of thioether (sulfide) groups is 1. The highest BCUT2D eigenvalue weighted by molar-refractivity contribution is 8.14. The molecule has 4 nitrogen and oxygen atoms in total. The number of primary amides is 1. The molecule has 10 heavy (non-hydrogen) atoms. The highest BCUT2D eigenvalue weighted by atomic mass is 32.2. The van der Waals surface area contributed by atoms with Gasteiger partial charge >= 0.3 is 6.09 Å². The van der Waals surface area contributed by atoms with Gasteiger partial charge in [0.2, 0.25) is 0 Å². The summed E-state index contributed by atoms with van der Waals surface area (Å²) in [6, 6.07) is 0. The van der Waals surface area contributed by atoms with Crippen LogP contribution in [0.4, 0.5) is 4.79 Å². The molecule has 1 aliphatic rings. The molecule has 1 saturated heterocycles. The van der Waals surface area contributed by atoms with Crippen LogP contribution in [0.25, 0.3) is 0 Å². The van der Waals surface area contributed by atoms with Crippen molar-refractivity contribution in [3.63, 3.8) is 0 Å². The van der Waals surface area contributed by atoms with Crippen LogP contribution in [0.5, 0.6) is 0 Å². The smallest absolute Gasteiger partial charge is 0.333 e. The number of oxime groups is 1. The molecule has 0 aromatic heterocycles. The van der Waals surface area contributed by atoms with Crippen molar-refractivity contribution in [2.24, 2.45) is 10.9 Å². The molecule has 0 spiro atoms. The predicted molar refractivity (Wildman–Crippen MR) is 39.8 cm³/mol. The third-order valence-electron chi connectivity index (χ3n) is 1.04. The lowest BCUT2D eigenvalue weighted by atomic mass is 10.4. The van der Waals surface area contributed by atoms with Crippen LogP contribution < -0.4 is 5.73 Å². The summed E-state index contributed by atoms with van der Waals surface area (Å²) in [5, 5.41) is 4.39. The van der Waals surface area contributed by atoms with Crippen molar-refractivity contribution < 1.29 is 9.63 Å². The molecule has 0 aromatic carbocycles. The van der Waals surface area contributed by atoms with Crippen LogP contribution in [0.3, 0.4) is 0 Å². The summed E-state index contributed by atoms with van der Waals surface area (Å²) in [4.78, 5) is 14.3. The van der Waals surface area contributed by atoms with Crippen molar-refractivity contribution in [1.82, 2.24) is 0 Å². The molecular formula is C5H8N2O2S. The SMILES string of the molecule is NC(=O)ON=C1CCCS1. The van der Waals surface area contributed by atoms with Crippen LogP contribution in [0.2, 0.25) is 0 Å². The van der Waals surface area contributed by atoms with Gasteiger partial charge in [0.25, 0.3) is 0 Å². The first-order valence-electron chi connectivity index (χ1n) is 2.95. The summed E-state index contributed by atoms with van der Waals surface area (Å²) >= 11 is 1.60. The lowest BCUT2D eigenvalue weighted by molar-refractivity contribution is 0.162. The van der Waals surface area contributed by atoms with Crippen LogP contribution in [0.1, 0.15) is 12.8 Å². The second-order valence-electron chi connectivity index (χ2n) is 1.85. The van der Waals surface area contributed by atoms with Gasteiger partial charge in [-0.2, -0.15) is 0 Å². The molecule has 1 rings (SSSR count). The molecular weight excluding hydrogens is 152 g/mol. The average molecular weight is 160 g/mol. The molecule has 1 amide bonds. The molecule has 1 heterocycles. The number of hydrogen-bond donors (Lipinski definition) is 1. The van der Waals surface area contributed by atoms with E-state index in [0.717, 1.165) is 23.6 Å². The summed E-state index contributed by atoms with van der Waals surface area (Å²) in [5.74, 6) is 1.06. The molecule has 0 unspecified atom stereocenters. The summed E-state index contributed by atoms with van der Waals surface area (Å²) in [6.45, 7) is 0. The number of nitrogens with two attached hydrogens (primary N) is 1. The van der Waals surface area contributed by atoms with E-state index in [9.17, 15) is 4.79 Å². The second-order valence-corrected chi connectivity index (χ2v) is 3.02. The van der Waals surface area contributed by atoms with Crippen LogP contribution in [-0.2, 0) is 4.84 Å². The Kier molecular flexibility index (Phi) is 2.56. The van der Waals surface area contributed by atoms with Crippen molar-refractivity contribution >= 4 is 22.9 Å². The number of rotatable bonds is 1. The molecule has 5 heteroatoms. The maximum atomic E-state index is 10.0. The molecule has 1 fully saturated rings. The highest BCUT2D eigenvalue weighted by Gasteiger charge is 2.09. The number of carbonyl (C=O) groups excluding carboxylic acids is 1. The minimum atomic E-state index is -0.847. The second kappa shape index (κ2) is 3.46. The molecule has 0 saturated carbocycles. The van der Waals surface area contributed by atoms with Crippen LogP contribution in [-0.4, -0.2) is 16.9 Å². The maximum absolute atomic E-state index is 10.0. The average Bonchev–Trinajstić information content (AvgIpc) is 2.34. The van der Waals surface area contributed by atoms with Gasteiger partial charge in [-0.15, -0.1) is 11.8 Å². The largest absolute Gasteiger partial charge is 0.430 e. The molecule has 0 aromatic rings. The maximum Gasteiger partial charge on any atom is 0.430 e. The minimum absolute atomic E-state index is 0.847. The first-order valence-corrected chi connectivity index (χ1v) is 3.94. The summed E-state index contributed by atoms with van der Waals surface area (Å²) in [7, 11) is 0. The van der Waals surface area contributed by atoms with E-state index in [2.05, 4.69) is 9.99 Å². The van der Waals surface area contributed by atoms with Gasteiger partial charge in [0.15, 0.2) is 0 Å². The van der Waals surface area contributed by atoms with E-state index in [1.807, 2.05) is 0 Å². The van der Waals surface area contributed by atoms with Gasteiger partial charge in [-0.05, 0) is 18.6 Å². The van der Waals surface area contributed by atoms with E-state index < -0.39 is 6.09 Å². The zero-order valence-electron chi connectivity index (χ0n) is 5.37. The topological polar surface area (TPSA) is 64.7 Å². The Bertz CT molecular complexity index is 161. The fourth-order valence-electron chi connectivity index (χ4n) is 0.653. The van der Waals surface area contributed by atoms with E-state index >= 15 is 0 Å². The van der Waals surface area contributed by atoms with Crippen molar-refractivity contribution in [3.05, 3.63) is 0 Å². The zero-order valence-corrected chi connectivity index (χ0v) is 6.19. The summed E-state index contributed by atoms with van der Waals surface area (Å²) in [5.41, 5.74) is 4.69. The Balaban J connectivity index is 2.31. The molecule has 0 radical (unpaired) electrons. The van der Waals surface area contributed by atoms with Gasteiger partial charge in [-0.3, -0.25) is 4.84 Å². The standard InChI is InChI=1S/C5H8N2O2S/c6-5(8)9-7-4-2-1-3-10-4/h1-3H2,(H2,6,8). The number of nitrogens with zero attached hydrogens (tertiary/aromatic N) is 1. The van der Waals surface area contributed by atoms with Crippen molar-refractivity contribution in [3.8, 4) is 0 Å². The quantitative estimate of drug-likeness (QED) is 0.458. The predicted octanol–water partition coefficient (Wildman–Crippen LogP) is 0.922. The molecule has 2 N–H and O–H groups in total. The van der Waals surface area contributed by atoms with Gasteiger partial charge in [0.05, 0.1) is 0 Å². The van der Waals surface area contributed by atoms with E-state index in [0.29, 0.717) is 0 Å². The van der Waals surface area contributed by atoms with E-state index in [-0.39, 0.29) is 0 Å². The van der Waals surface area contributed by atoms with Crippen LogP contribution in [0.15, 0.2) is 5.16 Å². The molecule has 0 atom stereocenters. The first kappa shape index (κ1) is 7.40. The number of amides is 1. The molecule has 0 aliphatic carbocycles. The first-order chi connectivity index (χ1) is 4.79. The Morgan fingerprint density at radius 2 is 2.60 bits per heavy atom. The lowest BCUT2D eigenvalue weighted by Gasteiger charge is -1.91. The molecule has 56 valence electrons. The summed E-state index contributed by atoms with van der Waals surface area (Å²) in [6.07, 6.45) is 1.16. The zero-order chi connectivity index (χ0) is 7.40. The Hall–Kier alpha value is -0.710. The Labute approximate surface area is 62.8 Å². The van der Waals surface area contributed by atoms with E-state index in [4.69, 9.17) is 5.73 Å². The summed E-state index contributed by atoms with van der Waals surface area (Å²) < 4.78 is 0. The van der Waals surface area contributed by atoms with Gasteiger partial charge < -0.3 is 5.73 Å². The van der Waals surface area contributed by atoms with E-state index in [1.165, 1.54) is 0 Å². The third-order valence-corrected chi connectivity index (χ3v) is 2.15. The van der Waals surface area contributed by atoms with Gasteiger partial charge in [-0.1, -0.05) is 5.16 Å². The molecule has 0 bridgehead atoms. The van der Waals surface area contributed by atoms with Crippen molar-refractivity contribution in [2.75, 3.05) is 5.75 Å². The minimum Gasteiger partial charge on any atom is -0.333 e. The fourth-order valence-corrected chi connectivity index (χ4v) is 1.56. The fraction of sp³-hybridized carbons (Fsp3) is 0.600. The van der Waals surface area contributed by atoms with E-state index in [1.54, 1.807) is 11.8 Å². The Morgan fingerprint density at radius 1 is 1.80 bits per heavy atom. The van der Waals surface area contributed by atoms with Gasteiger partial charge in [0.1, 0.15) is 5.04 Å². The van der Waals surface area contributed by atoms with Crippen molar-refractivity contribution in [2.45, 2.75) is 12.8 Å². The normalized spacial score (nSPS) is 21.4.